The first-order valence-corrected chi connectivity index (χ1v) is 3.66. The second-order valence-electron chi connectivity index (χ2n) is 2.17. The van der Waals surface area contributed by atoms with E-state index in [9.17, 15) is 4.79 Å². The molecule has 0 saturated heterocycles. The van der Waals surface area contributed by atoms with Crippen LogP contribution >= 0.6 is 0 Å². The lowest BCUT2D eigenvalue weighted by Gasteiger charge is -2.10. The van der Waals surface area contributed by atoms with Crippen molar-refractivity contribution in [3.63, 3.8) is 0 Å². The lowest BCUT2D eigenvalue weighted by molar-refractivity contribution is -0.121. The molecule has 1 atom stereocenters. The highest BCUT2D eigenvalue weighted by atomic mass is 16.1. The minimum absolute atomic E-state index is 0.0896. The first-order chi connectivity index (χ1) is 4.74. The molecule has 0 heterocycles. The summed E-state index contributed by atoms with van der Waals surface area (Å²) in [4.78, 5) is 10.8. The third-order valence-corrected chi connectivity index (χ3v) is 1.39. The Morgan fingerprint density at radius 1 is 1.70 bits per heavy atom. The van der Waals surface area contributed by atoms with Gasteiger partial charge in [-0.3, -0.25) is 4.79 Å². The predicted molar refractivity (Wildman–Crippen MR) is 42.7 cm³/mol. The second-order valence-corrected chi connectivity index (χ2v) is 2.17. The molecule has 0 saturated carbocycles. The summed E-state index contributed by atoms with van der Waals surface area (Å²) in [5.74, 6) is 0.0896. The second kappa shape index (κ2) is 5.03. The standard InChI is InChI=1S/C8H15NO/c1-4-7(5-2)9-8(10)6-3/h4,7H,1,5-6H2,2-3H3,(H,9,10). The summed E-state index contributed by atoms with van der Waals surface area (Å²) in [6.45, 7) is 7.46. The largest absolute Gasteiger partial charge is 0.350 e. The van der Waals surface area contributed by atoms with Gasteiger partial charge in [0.25, 0.3) is 0 Å². The monoisotopic (exact) mass is 141 g/mol. The Morgan fingerprint density at radius 2 is 2.30 bits per heavy atom. The number of amides is 1. The molecule has 0 aliphatic carbocycles. The third-order valence-electron chi connectivity index (χ3n) is 1.39. The highest BCUT2D eigenvalue weighted by molar-refractivity contribution is 5.76. The van der Waals surface area contributed by atoms with Crippen LogP contribution in [0.3, 0.4) is 0 Å². The molecule has 58 valence electrons. The zero-order chi connectivity index (χ0) is 7.98. The molecule has 10 heavy (non-hydrogen) atoms. The number of nitrogens with one attached hydrogen (secondary N) is 1. The average molecular weight is 141 g/mol. The number of hydrogen-bond donors (Lipinski definition) is 1. The van der Waals surface area contributed by atoms with Crippen LogP contribution in [0.25, 0.3) is 0 Å². The third kappa shape index (κ3) is 3.28. The molecule has 0 aromatic heterocycles. The number of hydrogen-bond acceptors (Lipinski definition) is 1. The number of carbonyl (C=O) groups is 1. The van der Waals surface area contributed by atoms with E-state index in [0.29, 0.717) is 6.42 Å². The van der Waals surface area contributed by atoms with E-state index < -0.39 is 0 Å². The van der Waals surface area contributed by atoms with Crippen molar-refractivity contribution in [2.75, 3.05) is 0 Å². The van der Waals surface area contributed by atoms with E-state index in [0.717, 1.165) is 6.42 Å². The van der Waals surface area contributed by atoms with Gasteiger partial charge in [0, 0.05) is 12.5 Å². The van der Waals surface area contributed by atoms with Crippen molar-refractivity contribution in [3.8, 4) is 0 Å². The van der Waals surface area contributed by atoms with E-state index in [2.05, 4.69) is 11.9 Å². The Hall–Kier alpha value is -0.790. The molecular formula is C8H15NO. The van der Waals surface area contributed by atoms with E-state index in [1.807, 2.05) is 13.8 Å². The smallest absolute Gasteiger partial charge is 0.220 e. The predicted octanol–water partition coefficient (Wildman–Crippen LogP) is 1.48. The van der Waals surface area contributed by atoms with E-state index >= 15 is 0 Å². The van der Waals surface area contributed by atoms with Crippen LogP contribution in [0.4, 0.5) is 0 Å². The van der Waals surface area contributed by atoms with Gasteiger partial charge in [-0.05, 0) is 6.42 Å². The normalized spacial score (nSPS) is 12.2. The fourth-order valence-corrected chi connectivity index (χ4v) is 0.636. The maximum atomic E-state index is 10.8. The first kappa shape index (κ1) is 9.21. The molecule has 1 unspecified atom stereocenters. The van der Waals surface area contributed by atoms with Crippen LogP contribution in [0.5, 0.6) is 0 Å². The molecule has 0 aromatic carbocycles. The van der Waals surface area contributed by atoms with Crippen molar-refractivity contribution in [1.82, 2.24) is 5.32 Å². The maximum absolute atomic E-state index is 10.8. The summed E-state index contributed by atoms with van der Waals surface area (Å²) in [6.07, 6.45) is 3.22. The van der Waals surface area contributed by atoms with Gasteiger partial charge in [0.1, 0.15) is 0 Å². The zero-order valence-electron chi connectivity index (χ0n) is 6.68. The molecule has 0 rings (SSSR count). The van der Waals surface area contributed by atoms with Crippen LogP contribution in [-0.4, -0.2) is 11.9 Å². The molecule has 2 heteroatoms. The highest BCUT2D eigenvalue weighted by Gasteiger charge is 2.02. The number of carbonyl (C=O) groups excluding carboxylic acids is 1. The maximum Gasteiger partial charge on any atom is 0.220 e. The van der Waals surface area contributed by atoms with E-state index in [1.165, 1.54) is 0 Å². The SMILES string of the molecule is C=CC(CC)NC(=O)CC. The van der Waals surface area contributed by atoms with Gasteiger partial charge < -0.3 is 5.32 Å². The molecule has 0 fully saturated rings. The fraction of sp³-hybridized carbons (Fsp3) is 0.625. The summed E-state index contributed by atoms with van der Waals surface area (Å²) in [6, 6.07) is 0.146. The Bertz CT molecular complexity index is 120. The van der Waals surface area contributed by atoms with Crippen LogP contribution in [0.2, 0.25) is 0 Å². The molecule has 0 radical (unpaired) electrons. The van der Waals surface area contributed by atoms with Gasteiger partial charge in [-0.25, -0.2) is 0 Å². The summed E-state index contributed by atoms with van der Waals surface area (Å²) in [7, 11) is 0. The van der Waals surface area contributed by atoms with Gasteiger partial charge in [0.2, 0.25) is 5.91 Å². The van der Waals surface area contributed by atoms with Crippen molar-refractivity contribution in [2.24, 2.45) is 0 Å². The summed E-state index contributed by atoms with van der Waals surface area (Å²) in [5, 5.41) is 2.81. The first-order valence-electron chi connectivity index (χ1n) is 3.66. The molecular weight excluding hydrogens is 126 g/mol. The molecule has 0 aliphatic heterocycles. The lowest BCUT2D eigenvalue weighted by atomic mass is 10.2. The van der Waals surface area contributed by atoms with Gasteiger partial charge >= 0.3 is 0 Å². The minimum Gasteiger partial charge on any atom is -0.350 e. The molecule has 0 aliphatic rings. The van der Waals surface area contributed by atoms with Crippen molar-refractivity contribution >= 4 is 5.91 Å². The van der Waals surface area contributed by atoms with E-state index in [1.54, 1.807) is 6.08 Å². The molecule has 0 bridgehead atoms. The van der Waals surface area contributed by atoms with Crippen molar-refractivity contribution in [2.45, 2.75) is 32.7 Å². The van der Waals surface area contributed by atoms with Crippen molar-refractivity contribution < 1.29 is 4.79 Å². The van der Waals surface area contributed by atoms with Crippen LogP contribution in [0.1, 0.15) is 26.7 Å². The van der Waals surface area contributed by atoms with Gasteiger partial charge in [0.15, 0.2) is 0 Å². The lowest BCUT2D eigenvalue weighted by Crippen LogP contribution is -2.31. The quantitative estimate of drug-likeness (QED) is 0.590. The van der Waals surface area contributed by atoms with Crippen LogP contribution < -0.4 is 5.32 Å². The molecule has 1 amide bonds. The van der Waals surface area contributed by atoms with Gasteiger partial charge in [0.05, 0.1) is 0 Å². The Labute approximate surface area is 62.3 Å². The fourth-order valence-electron chi connectivity index (χ4n) is 0.636. The van der Waals surface area contributed by atoms with E-state index in [4.69, 9.17) is 0 Å². The highest BCUT2D eigenvalue weighted by Crippen LogP contribution is 1.91. The summed E-state index contributed by atoms with van der Waals surface area (Å²) < 4.78 is 0. The van der Waals surface area contributed by atoms with Crippen LogP contribution in [-0.2, 0) is 4.79 Å². The topological polar surface area (TPSA) is 29.1 Å². The number of rotatable bonds is 4. The average Bonchev–Trinajstić information content (AvgIpc) is 1.99. The van der Waals surface area contributed by atoms with E-state index in [-0.39, 0.29) is 11.9 Å². The van der Waals surface area contributed by atoms with Crippen molar-refractivity contribution in [3.05, 3.63) is 12.7 Å². The Kier molecular flexibility index (Phi) is 4.63. The van der Waals surface area contributed by atoms with Crippen LogP contribution in [0.15, 0.2) is 12.7 Å². The molecule has 1 N–H and O–H groups in total. The molecule has 2 nitrogen and oxygen atoms in total. The molecule has 0 aromatic rings. The van der Waals surface area contributed by atoms with Gasteiger partial charge in [-0.15, -0.1) is 6.58 Å². The molecule has 0 spiro atoms. The summed E-state index contributed by atoms with van der Waals surface area (Å²) >= 11 is 0. The minimum atomic E-state index is 0.0896. The Morgan fingerprint density at radius 3 is 2.60 bits per heavy atom. The van der Waals surface area contributed by atoms with Crippen molar-refractivity contribution in [1.29, 1.82) is 0 Å². The Balaban J connectivity index is 3.62. The zero-order valence-corrected chi connectivity index (χ0v) is 6.68. The summed E-state index contributed by atoms with van der Waals surface area (Å²) in [5.41, 5.74) is 0. The van der Waals surface area contributed by atoms with Gasteiger partial charge in [-0.1, -0.05) is 19.9 Å². The van der Waals surface area contributed by atoms with Crippen LogP contribution in [0, 0.1) is 0 Å². The van der Waals surface area contributed by atoms with Gasteiger partial charge in [-0.2, -0.15) is 0 Å².